The molecule has 2 aromatic rings. The van der Waals surface area contributed by atoms with Gasteiger partial charge in [0.15, 0.2) is 5.69 Å². The first-order valence-electron chi connectivity index (χ1n) is 8.85. The summed E-state index contributed by atoms with van der Waals surface area (Å²) in [5.74, 6) is 0.0990. The summed E-state index contributed by atoms with van der Waals surface area (Å²) in [4.78, 5) is 24.7. The molecule has 25 heavy (non-hydrogen) atoms. The van der Waals surface area contributed by atoms with E-state index in [1.165, 1.54) is 17.5 Å². The number of benzene rings is 1. The zero-order valence-electron chi connectivity index (χ0n) is 14.5. The minimum atomic E-state index is -0.223. The number of aromatic nitrogens is 2. The summed E-state index contributed by atoms with van der Waals surface area (Å²) in [6.07, 6.45) is 6.85. The molecule has 0 atom stereocenters. The van der Waals surface area contributed by atoms with Crippen LogP contribution in [0.2, 0.25) is 0 Å². The maximum atomic E-state index is 12.4. The fourth-order valence-corrected chi connectivity index (χ4v) is 3.16. The summed E-state index contributed by atoms with van der Waals surface area (Å²) in [5.41, 5.74) is 0.892. The predicted molar refractivity (Wildman–Crippen MR) is 96.6 cm³/mol. The quantitative estimate of drug-likeness (QED) is 0.840. The van der Waals surface area contributed by atoms with Crippen LogP contribution < -0.4 is 10.6 Å². The Morgan fingerprint density at radius 2 is 1.72 bits per heavy atom. The monoisotopic (exact) mass is 340 g/mol. The van der Waals surface area contributed by atoms with Gasteiger partial charge in [-0.1, -0.05) is 43.9 Å². The first-order valence-corrected chi connectivity index (χ1v) is 8.85. The number of carbonyl (C=O) groups is 2. The van der Waals surface area contributed by atoms with Gasteiger partial charge in [0.2, 0.25) is 0 Å². The number of hydrogen-bond donors (Lipinski definition) is 2. The molecule has 1 aromatic carbocycles. The molecule has 0 saturated heterocycles. The van der Waals surface area contributed by atoms with Gasteiger partial charge in [-0.3, -0.25) is 14.3 Å². The molecule has 1 saturated carbocycles. The third kappa shape index (κ3) is 4.47. The average molecular weight is 340 g/mol. The Labute approximate surface area is 147 Å². The van der Waals surface area contributed by atoms with Crippen LogP contribution >= 0.6 is 0 Å². The summed E-state index contributed by atoms with van der Waals surface area (Å²) >= 11 is 0. The molecule has 1 aliphatic rings. The molecular weight excluding hydrogens is 316 g/mol. The molecule has 0 spiro atoms. The first-order chi connectivity index (χ1) is 12.1. The number of carbonyl (C=O) groups excluding carboxylic acids is 2. The van der Waals surface area contributed by atoms with Gasteiger partial charge in [0.1, 0.15) is 5.82 Å². The zero-order valence-corrected chi connectivity index (χ0v) is 14.5. The van der Waals surface area contributed by atoms with Crippen LogP contribution in [-0.4, -0.2) is 27.6 Å². The van der Waals surface area contributed by atoms with Gasteiger partial charge >= 0.3 is 0 Å². The lowest BCUT2D eigenvalue weighted by molar-refractivity contribution is 0.0927. The second-order valence-electron chi connectivity index (χ2n) is 6.52. The van der Waals surface area contributed by atoms with Gasteiger partial charge in [0.05, 0.1) is 0 Å². The van der Waals surface area contributed by atoms with Gasteiger partial charge in [0.25, 0.3) is 11.8 Å². The summed E-state index contributed by atoms with van der Waals surface area (Å²) in [7, 11) is 1.71. The van der Waals surface area contributed by atoms with Crippen LogP contribution in [0.3, 0.4) is 0 Å². The Balaban J connectivity index is 1.65. The fraction of sp³-hybridized carbons (Fsp3) is 0.421. The smallest absolute Gasteiger partial charge is 0.272 e. The van der Waals surface area contributed by atoms with Gasteiger partial charge < -0.3 is 10.6 Å². The van der Waals surface area contributed by atoms with Crippen molar-refractivity contribution in [2.75, 3.05) is 5.32 Å². The molecule has 1 heterocycles. The highest BCUT2D eigenvalue weighted by molar-refractivity contribution is 6.04. The fourth-order valence-electron chi connectivity index (χ4n) is 3.16. The molecule has 0 aliphatic heterocycles. The van der Waals surface area contributed by atoms with E-state index >= 15 is 0 Å². The third-order valence-electron chi connectivity index (χ3n) is 4.58. The Bertz CT molecular complexity index is 731. The number of amides is 2. The van der Waals surface area contributed by atoms with Crippen molar-refractivity contribution in [2.45, 2.75) is 44.6 Å². The Morgan fingerprint density at radius 3 is 2.40 bits per heavy atom. The van der Waals surface area contributed by atoms with Crippen molar-refractivity contribution in [1.82, 2.24) is 15.1 Å². The molecule has 0 unspecified atom stereocenters. The van der Waals surface area contributed by atoms with Gasteiger partial charge in [-0.15, -0.1) is 0 Å². The molecule has 1 fully saturated rings. The molecule has 2 N–H and O–H groups in total. The lowest BCUT2D eigenvalue weighted by atomic mass is 10.1. The SMILES string of the molecule is Cn1nc(C(=O)NC2CCCCCC2)cc1NC(=O)c1ccccc1. The van der Waals surface area contributed by atoms with Crippen molar-refractivity contribution in [2.24, 2.45) is 7.05 Å². The summed E-state index contributed by atoms with van der Waals surface area (Å²) in [6, 6.07) is 10.8. The van der Waals surface area contributed by atoms with Crippen molar-refractivity contribution in [3.63, 3.8) is 0 Å². The van der Waals surface area contributed by atoms with Crippen LogP contribution in [0.4, 0.5) is 5.82 Å². The van der Waals surface area contributed by atoms with Crippen molar-refractivity contribution >= 4 is 17.6 Å². The van der Waals surface area contributed by atoms with Crippen molar-refractivity contribution in [3.8, 4) is 0 Å². The van der Waals surface area contributed by atoms with Gasteiger partial charge in [0, 0.05) is 24.7 Å². The number of hydrogen-bond acceptors (Lipinski definition) is 3. The van der Waals surface area contributed by atoms with E-state index in [0.29, 0.717) is 17.1 Å². The van der Waals surface area contributed by atoms with Crippen molar-refractivity contribution in [3.05, 3.63) is 47.7 Å². The van der Waals surface area contributed by atoms with Crippen LogP contribution in [0, 0.1) is 0 Å². The number of aryl methyl sites for hydroxylation is 1. The maximum absolute atomic E-state index is 12.4. The van der Waals surface area contributed by atoms with E-state index in [1.807, 2.05) is 18.2 Å². The van der Waals surface area contributed by atoms with E-state index in [2.05, 4.69) is 15.7 Å². The Morgan fingerprint density at radius 1 is 1.04 bits per heavy atom. The van der Waals surface area contributed by atoms with Crippen molar-refractivity contribution in [1.29, 1.82) is 0 Å². The molecule has 3 rings (SSSR count). The first kappa shape index (κ1) is 17.2. The summed E-state index contributed by atoms with van der Waals surface area (Å²) < 4.78 is 1.52. The molecule has 2 amide bonds. The summed E-state index contributed by atoms with van der Waals surface area (Å²) in [5, 5.41) is 10.1. The Hall–Kier alpha value is -2.63. The Kier molecular flexibility index (Phi) is 5.48. The third-order valence-corrected chi connectivity index (χ3v) is 4.58. The van der Waals surface area contributed by atoms with Crippen LogP contribution in [0.25, 0.3) is 0 Å². The standard InChI is InChI=1S/C19H24N4O2/c1-23-17(21-18(24)14-9-5-4-6-10-14)13-16(22-23)19(25)20-15-11-7-2-3-8-12-15/h4-6,9-10,13,15H,2-3,7-8,11-12H2,1H3,(H,20,25)(H,21,24). The van der Waals surface area contributed by atoms with Crippen molar-refractivity contribution < 1.29 is 9.59 Å². The van der Waals surface area contributed by atoms with E-state index in [9.17, 15) is 9.59 Å². The highest BCUT2D eigenvalue weighted by Gasteiger charge is 2.19. The normalized spacial score (nSPS) is 15.4. The van der Waals surface area contributed by atoms with E-state index in [4.69, 9.17) is 0 Å². The molecular formula is C19H24N4O2. The summed E-state index contributed by atoms with van der Waals surface area (Å²) in [6.45, 7) is 0. The van der Waals surface area contributed by atoms with E-state index < -0.39 is 0 Å². The number of rotatable bonds is 4. The molecule has 0 radical (unpaired) electrons. The zero-order chi connectivity index (χ0) is 17.6. The largest absolute Gasteiger partial charge is 0.348 e. The second kappa shape index (κ2) is 7.96. The minimum Gasteiger partial charge on any atom is -0.348 e. The maximum Gasteiger partial charge on any atom is 0.272 e. The lowest BCUT2D eigenvalue weighted by Crippen LogP contribution is -2.34. The lowest BCUT2D eigenvalue weighted by Gasteiger charge is -2.14. The van der Waals surface area contributed by atoms with E-state index in [1.54, 1.807) is 25.2 Å². The van der Waals surface area contributed by atoms with Crippen LogP contribution in [0.1, 0.15) is 59.4 Å². The van der Waals surface area contributed by atoms with Gasteiger partial charge in [-0.05, 0) is 25.0 Å². The molecule has 6 nitrogen and oxygen atoms in total. The minimum absolute atomic E-state index is 0.178. The second-order valence-corrected chi connectivity index (χ2v) is 6.52. The van der Waals surface area contributed by atoms with Crippen LogP contribution in [-0.2, 0) is 7.05 Å². The number of nitrogens with zero attached hydrogens (tertiary/aromatic N) is 2. The van der Waals surface area contributed by atoms with Crippen LogP contribution in [0.5, 0.6) is 0 Å². The van der Waals surface area contributed by atoms with Gasteiger partial charge in [-0.25, -0.2) is 0 Å². The topological polar surface area (TPSA) is 76.0 Å². The van der Waals surface area contributed by atoms with Crippen LogP contribution in [0.15, 0.2) is 36.4 Å². The molecule has 1 aliphatic carbocycles. The highest BCUT2D eigenvalue weighted by atomic mass is 16.2. The predicted octanol–water partition coefficient (Wildman–Crippen LogP) is 3.13. The highest BCUT2D eigenvalue weighted by Crippen LogP contribution is 2.18. The molecule has 132 valence electrons. The van der Waals surface area contributed by atoms with E-state index in [-0.39, 0.29) is 17.9 Å². The molecule has 1 aromatic heterocycles. The number of anilines is 1. The van der Waals surface area contributed by atoms with Gasteiger partial charge in [-0.2, -0.15) is 5.10 Å². The number of nitrogens with one attached hydrogen (secondary N) is 2. The van der Waals surface area contributed by atoms with E-state index in [0.717, 1.165) is 25.7 Å². The molecule has 0 bridgehead atoms. The molecule has 6 heteroatoms. The average Bonchev–Trinajstić information content (AvgIpc) is 2.82.